The lowest BCUT2D eigenvalue weighted by Crippen LogP contribution is -2.33. The molecule has 0 N–H and O–H groups in total. The Morgan fingerprint density at radius 2 is 1.91 bits per heavy atom. The highest BCUT2D eigenvalue weighted by atomic mass is 32.2. The number of hydrogen-bond donors (Lipinski definition) is 0. The summed E-state index contributed by atoms with van der Waals surface area (Å²) in [6.45, 7) is 1.18. The average molecular weight is 331 g/mol. The number of carbonyl (C=O) groups is 1. The highest BCUT2D eigenvalue weighted by Gasteiger charge is 2.30. The van der Waals surface area contributed by atoms with Crippen molar-refractivity contribution in [2.24, 2.45) is 0 Å². The first kappa shape index (κ1) is 16.0. The van der Waals surface area contributed by atoms with Crippen LogP contribution >= 0.6 is 11.8 Å². The van der Waals surface area contributed by atoms with Gasteiger partial charge in [0.15, 0.2) is 0 Å². The van der Waals surface area contributed by atoms with E-state index in [9.17, 15) is 9.18 Å². The van der Waals surface area contributed by atoms with Crippen molar-refractivity contribution in [2.75, 3.05) is 18.9 Å². The van der Waals surface area contributed by atoms with Crippen LogP contribution in [0.5, 0.6) is 0 Å². The molecule has 23 heavy (non-hydrogen) atoms. The summed E-state index contributed by atoms with van der Waals surface area (Å²) in [6.07, 6.45) is 0. The van der Waals surface area contributed by atoms with Crippen LogP contribution in [0.3, 0.4) is 0 Å². The predicted molar refractivity (Wildman–Crippen MR) is 89.4 cm³/mol. The third-order valence-corrected chi connectivity index (χ3v) is 4.96. The zero-order valence-corrected chi connectivity index (χ0v) is 13.5. The SMILES string of the molecule is O=C(COCc1ccccc1)N1CCS[C@H]1c1ccc(F)cc1. The molecule has 1 heterocycles. The van der Waals surface area contributed by atoms with Gasteiger partial charge in [-0.15, -0.1) is 11.8 Å². The molecular formula is C18H18FNO2S. The smallest absolute Gasteiger partial charge is 0.249 e. The fourth-order valence-electron chi connectivity index (χ4n) is 2.54. The molecule has 1 aliphatic rings. The number of rotatable bonds is 5. The Labute approximate surface area is 139 Å². The second-order valence-electron chi connectivity index (χ2n) is 5.34. The first-order valence-corrected chi connectivity index (χ1v) is 8.57. The van der Waals surface area contributed by atoms with Gasteiger partial charge in [0.25, 0.3) is 0 Å². The van der Waals surface area contributed by atoms with E-state index < -0.39 is 0 Å². The molecular weight excluding hydrogens is 313 g/mol. The molecule has 1 aliphatic heterocycles. The monoisotopic (exact) mass is 331 g/mol. The average Bonchev–Trinajstić information content (AvgIpc) is 3.06. The van der Waals surface area contributed by atoms with Gasteiger partial charge in [0.05, 0.1) is 6.61 Å². The Morgan fingerprint density at radius 3 is 2.65 bits per heavy atom. The third kappa shape index (κ3) is 4.12. The van der Waals surface area contributed by atoms with Gasteiger partial charge in [-0.1, -0.05) is 42.5 Å². The van der Waals surface area contributed by atoms with E-state index >= 15 is 0 Å². The Balaban J connectivity index is 1.56. The molecule has 3 rings (SSSR count). The van der Waals surface area contributed by atoms with Crippen molar-refractivity contribution >= 4 is 17.7 Å². The molecule has 0 aromatic heterocycles. The summed E-state index contributed by atoms with van der Waals surface area (Å²) in [5, 5.41) is -0.0524. The summed E-state index contributed by atoms with van der Waals surface area (Å²) in [5.41, 5.74) is 2.00. The highest BCUT2D eigenvalue weighted by Crippen LogP contribution is 2.37. The predicted octanol–water partition coefficient (Wildman–Crippen LogP) is 3.62. The molecule has 3 nitrogen and oxygen atoms in total. The molecule has 2 aromatic carbocycles. The Bertz CT molecular complexity index is 648. The van der Waals surface area contributed by atoms with Crippen LogP contribution in [-0.2, 0) is 16.1 Å². The first-order chi connectivity index (χ1) is 11.2. The van der Waals surface area contributed by atoms with Gasteiger partial charge in [-0.05, 0) is 23.3 Å². The van der Waals surface area contributed by atoms with Crippen LogP contribution < -0.4 is 0 Å². The van der Waals surface area contributed by atoms with Gasteiger partial charge in [0, 0.05) is 12.3 Å². The van der Waals surface area contributed by atoms with Gasteiger partial charge in [-0.2, -0.15) is 0 Å². The minimum absolute atomic E-state index is 0.0275. The van der Waals surface area contributed by atoms with Gasteiger partial charge in [0.2, 0.25) is 5.91 Å². The van der Waals surface area contributed by atoms with Crippen LogP contribution in [0, 0.1) is 5.82 Å². The molecule has 0 unspecified atom stereocenters. The van der Waals surface area contributed by atoms with Crippen molar-refractivity contribution in [3.8, 4) is 0 Å². The van der Waals surface area contributed by atoms with E-state index in [1.807, 2.05) is 35.2 Å². The second-order valence-corrected chi connectivity index (χ2v) is 6.53. The van der Waals surface area contributed by atoms with Crippen molar-refractivity contribution in [2.45, 2.75) is 12.0 Å². The van der Waals surface area contributed by atoms with E-state index in [0.717, 1.165) is 16.9 Å². The Morgan fingerprint density at radius 1 is 1.17 bits per heavy atom. The lowest BCUT2D eigenvalue weighted by Gasteiger charge is -2.24. The van der Waals surface area contributed by atoms with E-state index in [2.05, 4.69) is 0 Å². The summed E-state index contributed by atoms with van der Waals surface area (Å²) < 4.78 is 18.6. The molecule has 1 atom stereocenters. The summed E-state index contributed by atoms with van der Waals surface area (Å²) >= 11 is 1.69. The molecule has 0 aliphatic carbocycles. The van der Waals surface area contributed by atoms with Crippen LogP contribution in [0.1, 0.15) is 16.5 Å². The fraction of sp³-hybridized carbons (Fsp3) is 0.278. The quantitative estimate of drug-likeness (QED) is 0.838. The molecule has 2 aromatic rings. The lowest BCUT2D eigenvalue weighted by molar-refractivity contribution is -0.136. The van der Waals surface area contributed by atoms with Crippen molar-refractivity contribution in [1.82, 2.24) is 4.90 Å². The van der Waals surface area contributed by atoms with Crippen molar-refractivity contribution < 1.29 is 13.9 Å². The maximum absolute atomic E-state index is 13.0. The minimum Gasteiger partial charge on any atom is -0.367 e. The Hall–Kier alpha value is -1.85. The lowest BCUT2D eigenvalue weighted by atomic mass is 10.2. The normalized spacial score (nSPS) is 17.4. The van der Waals surface area contributed by atoms with Gasteiger partial charge >= 0.3 is 0 Å². The molecule has 0 spiro atoms. The number of benzene rings is 2. The van der Waals surface area contributed by atoms with Crippen molar-refractivity contribution in [1.29, 1.82) is 0 Å². The summed E-state index contributed by atoms with van der Waals surface area (Å²) in [6, 6.07) is 16.1. The third-order valence-electron chi connectivity index (χ3n) is 3.70. The van der Waals surface area contributed by atoms with E-state index in [-0.39, 0.29) is 23.7 Å². The Kier molecular flexibility index (Phi) is 5.31. The number of hydrogen-bond acceptors (Lipinski definition) is 3. The molecule has 1 fully saturated rings. The maximum atomic E-state index is 13.0. The van der Waals surface area contributed by atoms with E-state index in [1.165, 1.54) is 12.1 Å². The maximum Gasteiger partial charge on any atom is 0.249 e. The largest absolute Gasteiger partial charge is 0.367 e. The molecule has 0 radical (unpaired) electrons. The minimum atomic E-state index is -0.263. The fourth-order valence-corrected chi connectivity index (χ4v) is 3.82. The zero-order chi connectivity index (χ0) is 16.1. The molecule has 1 saturated heterocycles. The van der Waals surface area contributed by atoms with Crippen LogP contribution in [0.2, 0.25) is 0 Å². The zero-order valence-electron chi connectivity index (χ0n) is 12.7. The topological polar surface area (TPSA) is 29.5 Å². The van der Waals surface area contributed by atoms with Crippen LogP contribution in [-0.4, -0.2) is 29.7 Å². The van der Waals surface area contributed by atoms with E-state index in [1.54, 1.807) is 23.9 Å². The van der Waals surface area contributed by atoms with E-state index in [0.29, 0.717) is 13.2 Å². The molecule has 120 valence electrons. The van der Waals surface area contributed by atoms with E-state index in [4.69, 9.17) is 4.74 Å². The summed E-state index contributed by atoms with van der Waals surface area (Å²) in [4.78, 5) is 14.2. The highest BCUT2D eigenvalue weighted by molar-refractivity contribution is 7.99. The molecule has 0 bridgehead atoms. The molecule has 0 saturated carbocycles. The molecule has 5 heteroatoms. The number of halogens is 1. The first-order valence-electron chi connectivity index (χ1n) is 7.52. The van der Waals surface area contributed by atoms with Gasteiger partial charge in [-0.25, -0.2) is 4.39 Å². The second kappa shape index (κ2) is 7.62. The number of thioether (sulfide) groups is 1. The standard InChI is InChI=1S/C18H18FNO2S/c19-16-8-6-15(7-9-16)18-20(10-11-23-18)17(21)13-22-12-14-4-2-1-3-5-14/h1-9,18H,10-13H2/t18-/m0/s1. The van der Waals surface area contributed by atoms with Gasteiger partial charge in [0.1, 0.15) is 17.8 Å². The number of nitrogens with zero attached hydrogens (tertiary/aromatic N) is 1. The van der Waals surface area contributed by atoms with Crippen LogP contribution in [0.25, 0.3) is 0 Å². The van der Waals surface area contributed by atoms with Gasteiger partial charge < -0.3 is 9.64 Å². The summed E-state index contributed by atoms with van der Waals surface area (Å²) in [7, 11) is 0. The van der Waals surface area contributed by atoms with Gasteiger partial charge in [-0.3, -0.25) is 4.79 Å². The van der Waals surface area contributed by atoms with Crippen molar-refractivity contribution in [3.05, 3.63) is 71.5 Å². The number of ether oxygens (including phenoxy) is 1. The van der Waals surface area contributed by atoms with Crippen LogP contribution in [0.15, 0.2) is 54.6 Å². The summed E-state index contributed by atoms with van der Waals surface area (Å²) in [5.74, 6) is 0.591. The number of carbonyl (C=O) groups excluding carboxylic acids is 1. The van der Waals surface area contributed by atoms with Crippen LogP contribution in [0.4, 0.5) is 4.39 Å². The molecule has 1 amide bonds. The number of amides is 1. The van der Waals surface area contributed by atoms with Crippen molar-refractivity contribution in [3.63, 3.8) is 0 Å².